The first-order valence-electron chi connectivity index (χ1n) is 6.75. The lowest BCUT2D eigenvalue weighted by molar-refractivity contribution is -0.135. The van der Waals surface area contributed by atoms with Crippen molar-refractivity contribution >= 4 is 5.91 Å². The molecule has 1 aromatic carbocycles. The summed E-state index contributed by atoms with van der Waals surface area (Å²) in [4.78, 5) is 13.4. The molecular formula is C16H25NO2. The second kappa shape index (κ2) is 6.71. The highest BCUT2D eigenvalue weighted by Crippen LogP contribution is 2.22. The minimum absolute atomic E-state index is 0.0155. The van der Waals surface area contributed by atoms with Gasteiger partial charge < -0.3 is 9.64 Å². The summed E-state index contributed by atoms with van der Waals surface area (Å²) in [7, 11) is 1.80. The van der Waals surface area contributed by atoms with E-state index in [0.717, 1.165) is 5.56 Å². The van der Waals surface area contributed by atoms with E-state index in [-0.39, 0.29) is 17.9 Å². The first-order chi connectivity index (χ1) is 8.84. The number of hydrogen-bond acceptors (Lipinski definition) is 2. The molecule has 1 amide bonds. The molecule has 0 aliphatic heterocycles. The van der Waals surface area contributed by atoms with Crippen molar-refractivity contribution in [3.8, 4) is 0 Å². The fourth-order valence-electron chi connectivity index (χ4n) is 1.77. The van der Waals surface area contributed by atoms with Crippen molar-refractivity contribution in [1.82, 2.24) is 4.90 Å². The molecule has 0 bridgehead atoms. The van der Waals surface area contributed by atoms with Crippen LogP contribution in [0.5, 0.6) is 0 Å². The summed E-state index contributed by atoms with van der Waals surface area (Å²) in [5, 5.41) is 0. The molecule has 1 rings (SSSR count). The monoisotopic (exact) mass is 263 g/mol. The third-order valence-corrected chi connectivity index (χ3v) is 3.10. The Kier molecular flexibility index (Phi) is 5.55. The lowest BCUT2D eigenvalue weighted by Crippen LogP contribution is -2.29. The molecule has 19 heavy (non-hydrogen) atoms. The van der Waals surface area contributed by atoms with E-state index in [4.69, 9.17) is 4.74 Å². The molecule has 0 N–H and O–H groups in total. The second-order valence-electron chi connectivity index (χ2n) is 5.83. The summed E-state index contributed by atoms with van der Waals surface area (Å²) in [6.45, 7) is 9.82. The van der Waals surface area contributed by atoms with Crippen LogP contribution in [0.15, 0.2) is 24.3 Å². The number of carbonyl (C=O) groups is 1. The predicted octanol–water partition coefficient (Wildman–Crippen LogP) is 2.98. The van der Waals surface area contributed by atoms with Gasteiger partial charge in [-0.1, -0.05) is 45.0 Å². The number of ether oxygens (including phenoxy) is 1. The molecule has 0 aliphatic carbocycles. The van der Waals surface area contributed by atoms with Crippen molar-refractivity contribution in [1.29, 1.82) is 0 Å². The Morgan fingerprint density at radius 2 is 1.79 bits per heavy atom. The summed E-state index contributed by atoms with van der Waals surface area (Å²) in [6, 6.07) is 8.45. The van der Waals surface area contributed by atoms with E-state index < -0.39 is 0 Å². The first kappa shape index (κ1) is 15.7. The number of benzene rings is 1. The van der Waals surface area contributed by atoms with E-state index in [1.54, 1.807) is 11.9 Å². The van der Waals surface area contributed by atoms with Crippen LogP contribution >= 0.6 is 0 Å². The molecule has 0 aromatic heterocycles. The molecule has 106 valence electrons. The lowest BCUT2D eigenvalue weighted by atomic mass is 9.87. The SMILES string of the molecule is CCOCC(=O)N(C)Cc1ccc(C(C)(C)C)cc1. The second-order valence-corrected chi connectivity index (χ2v) is 5.83. The molecule has 1 aromatic rings. The molecule has 0 radical (unpaired) electrons. The van der Waals surface area contributed by atoms with Crippen LogP contribution in [0.2, 0.25) is 0 Å². The van der Waals surface area contributed by atoms with Crippen LogP contribution in [-0.4, -0.2) is 31.1 Å². The van der Waals surface area contributed by atoms with E-state index >= 15 is 0 Å². The van der Waals surface area contributed by atoms with Crippen molar-refractivity contribution in [2.75, 3.05) is 20.3 Å². The smallest absolute Gasteiger partial charge is 0.248 e. The van der Waals surface area contributed by atoms with Gasteiger partial charge in [-0.25, -0.2) is 0 Å². The number of hydrogen-bond donors (Lipinski definition) is 0. The van der Waals surface area contributed by atoms with Gasteiger partial charge in [0.05, 0.1) is 0 Å². The maximum atomic E-state index is 11.7. The lowest BCUT2D eigenvalue weighted by Gasteiger charge is -2.21. The highest BCUT2D eigenvalue weighted by Gasteiger charge is 2.14. The summed E-state index contributed by atoms with van der Waals surface area (Å²) in [5.41, 5.74) is 2.61. The summed E-state index contributed by atoms with van der Waals surface area (Å²) < 4.78 is 5.13. The van der Waals surface area contributed by atoms with E-state index in [1.165, 1.54) is 5.56 Å². The normalized spacial score (nSPS) is 11.4. The number of amides is 1. The van der Waals surface area contributed by atoms with Crippen LogP contribution in [-0.2, 0) is 21.5 Å². The summed E-state index contributed by atoms with van der Waals surface area (Å²) in [5.74, 6) is 0.0155. The topological polar surface area (TPSA) is 29.5 Å². The van der Waals surface area contributed by atoms with Crippen LogP contribution in [0.4, 0.5) is 0 Å². The maximum absolute atomic E-state index is 11.7. The molecule has 0 heterocycles. The van der Waals surface area contributed by atoms with Crippen LogP contribution in [0.25, 0.3) is 0 Å². The standard InChI is InChI=1S/C16H25NO2/c1-6-19-12-15(18)17(5)11-13-7-9-14(10-8-13)16(2,3)4/h7-10H,6,11-12H2,1-5H3. The Bertz CT molecular complexity index is 404. The Balaban J connectivity index is 2.60. The van der Waals surface area contributed by atoms with Crippen molar-refractivity contribution in [3.05, 3.63) is 35.4 Å². The van der Waals surface area contributed by atoms with Gasteiger partial charge in [-0.3, -0.25) is 4.79 Å². The zero-order valence-corrected chi connectivity index (χ0v) is 12.7. The zero-order valence-electron chi connectivity index (χ0n) is 12.7. The molecule has 0 aliphatic rings. The average molecular weight is 263 g/mol. The minimum atomic E-state index is 0.0155. The molecule has 0 unspecified atom stereocenters. The van der Waals surface area contributed by atoms with Gasteiger partial charge in [0, 0.05) is 20.2 Å². The predicted molar refractivity (Wildman–Crippen MR) is 78.1 cm³/mol. The minimum Gasteiger partial charge on any atom is -0.372 e. The average Bonchev–Trinajstić information content (AvgIpc) is 2.35. The Labute approximate surface area is 116 Å². The van der Waals surface area contributed by atoms with E-state index in [0.29, 0.717) is 13.2 Å². The summed E-state index contributed by atoms with van der Waals surface area (Å²) in [6.07, 6.45) is 0. The molecule has 3 nitrogen and oxygen atoms in total. The number of carbonyl (C=O) groups excluding carboxylic acids is 1. The van der Waals surface area contributed by atoms with Gasteiger partial charge >= 0.3 is 0 Å². The molecule has 0 fully saturated rings. The maximum Gasteiger partial charge on any atom is 0.248 e. The highest BCUT2D eigenvalue weighted by molar-refractivity contribution is 5.77. The van der Waals surface area contributed by atoms with Gasteiger partial charge in [0.25, 0.3) is 0 Å². The van der Waals surface area contributed by atoms with E-state index in [9.17, 15) is 4.79 Å². The third-order valence-electron chi connectivity index (χ3n) is 3.10. The Morgan fingerprint density at radius 1 is 1.21 bits per heavy atom. The number of likely N-dealkylation sites (N-methyl/N-ethyl adjacent to an activating group) is 1. The molecule has 0 saturated heterocycles. The fraction of sp³-hybridized carbons (Fsp3) is 0.562. The van der Waals surface area contributed by atoms with Gasteiger partial charge in [-0.15, -0.1) is 0 Å². The van der Waals surface area contributed by atoms with Gasteiger partial charge in [-0.05, 0) is 23.5 Å². The Hall–Kier alpha value is -1.35. The molecule has 3 heteroatoms. The van der Waals surface area contributed by atoms with Crippen LogP contribution in [0.1, 0.15) is 38.8 Å². The van der Waals surface area contributed by atoms with Crippen LogP contribution < -0.4 is 0 Å². The van der Waals surface area contributed by atoms with Crippen molar-refractivity contribution in [3.63, 3.8) is 0 Å². The molecular weight excluding hydrogens is 238 g/mol. The van der Waals surface area contributed by atoms with Crippen molar-refractivity contribution < 1.29 is 9.53 Å². The Morgan fingerprint density at radius 3 is 2.26 bits per heavy atom. The molecule has 0 atom stereocenters. The van der Waals surface area contributed by atoms with Gasteiger partial charge in [0.2, 0.25) is 5.91 Å². The van der Waals surface area contributed by atoms with E-state index in [1.807, 2.05) is 6.92 Å². The van der Waals surface area contributed by atoms with Crippen LogP contribution in [0.3, 0.4) is 0 Å². The zero-order chi connectivity index (χ0) is 14.5. The van der Waals surface area contributed by atoms with Gasteiger partial charge in [0.15, 0.2) is 0 Å². The number of nitrogens with zero attached hydrogens (tertiary/aromatic N) is 1. The third kappa shape index (κ3) is 5.03. The van der Waals surface area contributed by atoms with Crippen molar-refractivity contribution in [2.45, 2.75) is 39.7 Å². The first-order valence-corrected chi connectivity index (χ1v) is 6.75. The summed E-state index contributed by atoms with van der Waals surface area (Å²) >= 11 is 0. The molecule has 0 spiro atoms. The largest absolute Gasteiger partial charge is 0.372 e. The quantitative estimate of drug-likeness (QED) is 0.817. The van der Waals surface area contributed by atoms with Crippen LogP contribution in [0, 0.1) is 0 Å². The fourth-order valence-corrected chi connectivity index (χ4v) is 1.77. The molecule has 0 saturated carbocycles. The highest BCUT2D eigenvalue weighted by atomic mass is 16.5. The van der Waals surface area contributed by atoms with Gasteiger partial charge in [-0.2, -0.15) is 0 Å². The van der Waals surface area contributed by atoms with Crippen molar-refractivity contribution in [2.24, 2.45) is 0 Å². The van der Waals surface area contributed by atoms with E-state index in [2.05, 4.69) is 45.0 Å². The number of rotatable bonds is 5. The van der Waals surface area contributed by atoms with Gasteiger partial charge in [0.1, 0.15) is 6.61 Å².